The van der Waals surface area contributed by atoms with Crippen molar-refractivity contribution < 1.29 is 9.90 Å². The summed E-state index contributed by atoms with van der Waals surface area (Å²) >= 11 is 0. The maximum Gasteiger partial charge on any atom is 0.254 e. The maximum absolute atomic E-state index is 12.0. The van der Waals surface area contributed by atoms with E-state index in [0.717, 1.165) is 12.8 Å². The van der Waals surface area contributed by atoms with Crippen LogP contribution < -0.4 is 5.73 Å². The number of carbonyl (C=O) groups excluding carboxylic acids is 1. The number of nitrogens with zero attached hydrogens (tertiary/aromatic N) is 2. The van der Waals surface area contributed by atoms with Gasteiger partial charge in [-0.05, 0) is 25.0 Å². The van der Waals surface area contributed by atoms with Crippen molar-refractivity contribution in [2.24, 2.45) is 0 Å². The van der Waals surface area contributed by atoms with Crippen LogP contribution in [0, 0.1) is 0 Å². The molecule has 2 heterocycles. The Morgan fingerprint density at radius 2 is 2.44 bits per heavy atom. The molecule has 0 radical (unpaired) electrons. The monoisotopic (exact) mass is 221 g/mol. The van der Waals surface area contributed by atoms with E-state index in [1.807, 2.05) is 0 Å². The molecule has 0 aromatic carbocycles. The summed E-state index contributed by atoms with van der Waals surface area (Å²) in [5.74, 6) is 0.247. The smallest absolute Gasteiger partial charge is 0.254 e. The highest BCUT2D eigenvalue weighted by Crippen LogP contribution is 2.14. The molecule has 0 bridgehead atoms. The van der Waals surface area contributed by atoms with Gasteiger partial charge in [0.25, 0.3) is 5.91 Å². The quantitative estimate of drug-likeness (QED) is 0.713. The molecule has 1 aliphatic rings. The first-order valence-electron chi connectivity index (χ1n) is 5.35. The van der Waals surface area contributed by atoms with Gasteiger partial charge in [0.15, 0.2) is 0 Å². The lowest BCUT2D eigenvalue weighted by Crippen LogP contribution is -2.42. The number of piperidine rings is 1. The molecular weight excluding hydrogens is 206 g/mol. The van der Waals surface area contributed by atoms with Crippen LogP contribution in [0.5, 0.6) is 0 Å². The second-order valence-corrected chi connectivity index (χ2v) is 4.02. The predicted octanol–water partition coefficient (Wildman–Crippen LogP) is 0.261. The summed E-state index contributed by atoms with van der Waals surface area (Å²) in [5.41, 5.74) is 6.05. The van der Waals surface area contributed by atoms with Crippen molar-refractivity contribution in [1.29, 1.82) is 0 Å². The Hall–Kier alpha value is -1.62. The van der Waals surface area contributed by atoms with Gasteiger partial charge in [0.05, 0.1) is 6.10 Å². The van der Waals surface area contributed by atoms with E-state index in [0.29, 0.717) is 24.5 Å². The molecule has 5 heteroatoms. The van der Waals surface area contributed by atoms with Crippen molar-refractivity contribution in [3.05, 3.63) is 23.9 Å². The van der Waals surface area contributed by atoms with Crippen LogP contribution in [0.3, 0.4) is 0 Å². The third kappa shape index (κ3) is 2.30. The highest BCUT2D eigenvalue weighted by Gasteiger charge is 2.22. The van der Waals surface area contributed by atoms with Gasteiger partial charge in [0.2, 0.25) is 0 Å². The van der Waals surface area contributed by atoms with Crippen LogP contribution in [0.1, 0.15) is 23.2 Å². The molecule has 1 amide bonds. The number of aliphatic hydroxyl groups is 1. The summed E-state index contributed by atoms with van der Waals surface area (Å²) in [6, 6.07) is 3.20. The molecule has 86 valence electrons. The summed E-state index contributed by atoms with van der Waals surface area (Å²) in [6.45, 7) is 1.10. The highest BCUT2D eigenvalue weighted by molar-refractivity contribution is 5.94. The van der Waals surface area contributed by atoms with Crippen molar-refractivity contribution >= 4 is 11.7 Å². The van der Waals surface area contributed by atoms with E-state index >= 15 is 0 Å². The number of rotatable bonds is 1. The average Bonchev–Trinajstić information content (AvgIpc) is 2.28. The third-order valence-corrected chi connectivity index (χ3v) is 2.71. The van der Waals surface area contributed by atoms with Gasteiger partial charge < -0.3 is 15.7 Å². The lowest BCUT2D eigenvalue weighted by Gasteiger charge is -2.30. The van der Waals surface area contributed by atoms with Crippen molar-refractivity contribution in [3.63, 3.8) is 0 Å². The Kier molecular flexibility index (Phi) is 3.05. The topological polar surface area (TPSA) is 79.5 Å². The van der Waals surface area contributed by atoms with Crippen LogP contribution in [0.15, 0.2) is 18.3 Å². The minimum Gasteiger partial charge on any atom is -0.391 e. The number of likely N-dealkylation sites (tertiary alicyclic amines) is 1. The number of amides is 1. The number of aromatic nitrogens is 1. The van der Waals surface area contributed by atoms with E-state index in [1.54, 1.807) is 17.0 Å². The number of carbonyl (C=O) groups is 1. The van der Waals surface area contributed by atoms with Gasteiger partial charge in [-0.2, -0.15) is 0 Å². The molecule has 1 fully saturated rings. The fraction of sp³-hybridized carbons (Fsp3) is 0.455. The van der Waals surface area contributed by atoms with Gasteiger partial charge in [-0.3, -0.25) is 4.79 Å². The lowest BCUT2D eigenvalue weighted by molar-refractivity contribution is 0.0473. The standard InChI is InChI=1S/C11H15N3O2/c12-10-6-8(3-4-13-10)11(16)14-5-1-2-9(15)7-14/h3-4,6,9,15H,1-2,5,7H2,(H2,12,13). The van der Waals surface area contributed by atoms with Crippen molar-refractivity contribution in [2.75, 3.05) is 18.8 Å². The Balaban J connectivity index is 2.12. The number of hydrogen-bond acceptors (Lipinski definition) is 4. The van der Waals surface area contributed by atoms with E-state index in [9.17, 15) is 9.90 Å². The van der Waals surface area contributed by atoms with E-state index in [4.69, 9.17) is 5.73 Å². The largest absolute Gasteiger partial charge is 0.391 e. The van der Waals surface area contributed by atoms with Crippen LogP contribution in [-0.2, 0) is 0 Å². The second-order valence-electron chi connectivity index (χ2n) is 4.02. The first-order chi connectivity index (χ1) is 7.66. The molecular formula is C11H15N3O2. The molecule has 2 rings (SSSR count). The van der Waals surface area contributed by atoms with Gasteiger partial charge in [-0.15, -0.1) is 0 Å². The molecule has 1 unspecified atom stereocenters. The van der Waals surface area contributed by atoms with E-state index in [-0.39, 0.29) is 5.91 Å². The summed E-state index contributed by atoms with van der Waals surface area (Å²) in [7, 11) is 0. The second kappa shape index (κ2) is 4.49. The SMILES string of the molecule is Nc1cc(C(=O)N2CCCC(O)C2)ccn1. The maximum atomic E-state index is 12.0. The summed E-state index contributed by atoms with van der Waals surface area (Å²) in [6.07, 6.45) is 2.72. The number of nitrogen functional groups attached to an aromatic ring is 1. The van der Waals surface area contributed by atoms with Gasteiger partial charge in [0.1, 0.15) is 5.82 Å². The van der Waals surface area contributed by atoms with Crippen molar-refractivity contribution in [2.45, 2.75) is 18.9 Å². The fourth-order valence-corrected chi connectivity index (χ4v) is 1.90. The number of anilines is 1. The first kappa shape index (κ1) is 10.9. The Morgan fingerprint density at radius 3 is 3.12 bits per heavy atom. The number of nitrogens with two attached hydrogens (primary N) is 1. The third-order valence-electron chi connectivity index (χ3n) is 2.71. The van der Waals surface area contributed by atoms with Gasteiger partial charge in [-0.1, -0.05) is 0 Å². The number of pyridine rings is 1. The van der Waals surface area contributed by atoms with Crippen molar-refractivity contribution in [3.8, 4) is 0 Å². The molecule has 1 aromatic heterocycles. The summed E-state index contributed by atoms with van der Waals surface area (Å²) in [5, 5.41) is 9.50. The zero-order chi connectivity index (χ0) is 11.5. The van der Waals surface area contributed by atoms with E-state index in [2.05, 4.69) is 4.98 Å². The highest BCUT2D eigenvalue weighted by atomic mass is 16.3. The molecule has 1 atom stereocenters. The minimum atomic E-state index is -0.406. The average molecular weight is 221 g/mol. The molecule has 3 N–H and O–H groups in total. The van der Waals surface area contributed by atoms with Gasteiger partial charge in [0, 0.05) is 24.8 Å². The van der Waals surface area contributed by atoms with Crippen LogP contribution in [0.25, 0.3) is 0 Å². The van der Waals surface area contributed by atoms with Crippen molar-refractivity contribution in [1.82, 2.24) is 9.88 Å². The molecule has 0 saturated carbocycles. The zero-order valence-electron chi connectivity index (χ0n) is 8.97. The molecule has 1 aliphatic heterocycles. The minimum absolute atomic E-state index is 0.0900. The first-order valence-corrected chi connectivity index (χ1v) is 5.35. The zero-order valence-corrected chi connectivity index (χ0v) is 8.97. The normalized spacial score (nSPS) is 20.8. The molecule has 16 heavy (non-hydrogen) atoms. The van der Waals surface area contributed by atoms with Crippen LogP contribution in [0.2, 0.25) is 0 Å². The molecule has 1 saturated heterocycles. The molecule has 1 aromatic rings. The molecule has 0 aliphatic carbocycles. The lowest BCUT2D eigenvalue weighted by atomic mass is 10.1. The van der Waals surface area contributed by atoms with E-state index in [1.165, 1.54) is 6.20 Å². The number of aliphatic hydroxyl groups excluding tert-OH is 1. The molecule has 5 nitrogen and oxygen atoms in total. The summed E-state index contributed by atoms with van der Waals surface area (Å²) < 4.78 is 0. The molecule has 0 spiro atoms. The Labute approximate surface area is 93.9 Å². The van der Waals surface area contributed by atoms with Crippen LogP contribution in [0.4, 0.5) is 5.82 Å². The Bertz CT molecular complexity index is 395. The fourth-order valence-electron chi connectivity index (χ4n) is 1.90. The van der Waals surface area contributed by atoms with Gasteiger partial charge in [-0.25, -0.2) is 4.98 Å². The van der Waals surface area contributed by atoms with Crippen LogP contribution >= 0.6 is 0 Å². The van der Waals surface area contributed by atoms with Gasteiger partial charge >= 0.3 is 0 Å². The summed E-state index contributed by atoms with van der Waals surface area (Å²) in [4.78, 5) is 17.5. The van der Waals surface area contributed by atoms with Crippen LogP contribution in [-0.4, -0.2) is 40.1 Å². The number of β-amino-alcohol motifs (C(OH)–C–C–N with tert-alkyl or cyclic N) is 1. The number of hydrogen-bond donors (Lipinski definition) is 2. The Morgan fingerprint density at radius 1 is 1.62 bits per heavy atom. The van der Waals surface area contributed by atoms with E-state index < -0.39 is 6.10 Å². The predicted molar refractivity (Wildman–Crippen MR) is 59.8 cm³/mol.